The summed E-state index contributed by atoms with van der Waals surface area (Å²) in [5.74, 6) is -2.55. The first-order chi connectivity index (χ1) is 9.38. The second-order valence-corrected chi connectivity index (χ2v) is 4.00. The number of hydrogen-bond acceptors (Lipinski definition) is 3. The molecule has 0 atom stereocenters. The highest BCUT2D eigenvalue weighted by molar-refractivity contribution is 5.85. The maximum atomic E-state index is 12.9. The Labute approximate surface area is 114 Å². The molecule has 0 aliphatic heterocycles. The first-order valence-corrected chi connectivity index (χ1v) is 5.66. The van der Waals surface area contributed by atoms with Crippen molar-refractivity contribution in [2.45, 2.75) is 6.54 Å². The SMILES string of the molecule is NC(=O)CN(CC(=O)O)C(=O)NCc1cccc(F)c1. The summed E-state index contributed by atoms with van der Waals surface area (Å²) in [4.78, 5) is 33.8. The maximum absolute atomic E-state index is 12.9. The number of primary amides is 1. The number of carboxylic acid groups (broad SMARTS) is 1. The van der Waals surface area contributed by atoms with Crippen LogP contribution in [0.25, 0.3) is 0 Å². The molecule has 0 saturated heterocycles. The van der Waals surface area contributed by atoms with Crippen LogP contribution in [0.1, 0.15) is 5.56 Å². The molecule has 0 aliphatic carbocycles. The molecular formula is C12H14FN3O4. The van der Waals surface area contributed by atoms with Gasteiger partial charge in [0.25, 0.3) is 0 Å². The van der Waals surface area contributed by atoms with Crippen molar-refractivity contribution < 1.29 is 23.9 Å². The van der Waals surface area contributed by atoms with Crippen LogP contribution in [0.5, 0.6) is 0 Å². The summed E-state index contributed by atoms with van der Waals surface area (Å²) in [6.07, 6.45) is 0. The largest absolute Gasteiger partial charge is 0.480 e. The minimum atomic E-state index is -1.27. The number of carbonyl (C=O) groups excluding carboxylic acids is 2. The van der Waals surface area contributed by atoms with Gasteiger partial charge in [0.15, 0.2) is 0 Å². The molecule has 0 unspecified atom stereocenters. The van der Waals surface area contributed by atoms with E-state index in [-0.39, 0.29) is 6.54 Å². The molecule has 0 spiro atoms. The lowest BCUT2D eigenvalue weighted by Gasteiger charge is -2.19. The van der Waals surface area contributed by atoms with E-state index in [0.717, 1.165) is 4.90 Å². The van der Waals surface area contributed by atoms with Crippen molar-refractivity contribution in [3.8, 4) is 0 Å². The van der Waals surface area contributed by atoms with E-state index >= 15 is 0 Å². The number of rotatable bonds is 6. The van der Waals surface area contributed by atoms with Crippen molar-refractivity contribution in [3.05, 3.63) is 35.6 Å². The quantitative estimate of drug-likeness (QED) is 0.677. The van der Waals surface area contributed by atoms with Crippen molar-refractivity contribution in [1.82, 2.24) is 10.2 Å². The molecule has 0 saturated carbocycles. The van der Waals surface area contributed by atoms with Gasteiger partial charge in [0.2, 0.25) is 5.91 Å². The molecule has 3 amide bonds. The smallest absolute Gasteiger partial charge is 0.323 e. The number of amides is 3. The van der Waals surface area contributed by atoms with Gasteiger partial charge >= 0.3 is 12.0 Å². The summed E-state index contributed by atoms with van der Waals surface area (Å²) in [6.45, 7) is -1.16. The fourth-order valence-electron chi connectivity index (χ4n) is 1.49. The van der Waals surface area contributed by atoms with Crippen LogP contribution >= 0.6 is 0 Å². The van der Waals surface area contributed by atoms with Crippen molar-refractivity contribution in [3.63, 3.8) is 0 Å². The maximum Gasteiger partial charge on any atom is 0.323 e. The average molecular weight is 283 g/mol. The number of nitrogens with one attached hydrogen (secondary N) is 1. The normalized spacial score (nSPS) is 9.85. The van der Waals surface area contributed by atoms with Gasteiger partial charge in [-0.25, -0.2) is 9.18 Å². The van der Waals surface area contributed by atoms with Gasteiger partial charge in [-0.05, 0) is 17.7 Å². The summed E-state index contributed by atoms with van der Waals surface area (Å²) < 4.78 is 12.9. The number of nitrogens with two attached hydrogens (primary N) is 1. The number of aliphatic carboxylic acids is 1. The van der Waals surface area contributed by atoms with E-state index < -0.39 is 36.8 Å². The van der Waals surface area contributed by atoms with Crippen LogP contribution < -0.4 is 11.1 Å². The zero-order valence-electron chi connectivity index (χ0n) is 10.5. The Bertz CT molecular complexity index is 505. The second-order valence-electron chi connectivity index (χ2n) is 4.00. The van der Waals surface area contributed by atoms with Crippen molar-refractivity contribution in [2.24, 2.45) is 5.73 Å². The highest BCUT2D eigenvalue weighted by Gasteiger charge is 2.18. The van der Waals surface area contributed by atoms with Gasteiger partial charge in [-0.15, -0.1) is 0 Å². The Morgan fingerprint density at radius 1 is 1.30 bits per heavy atom. The number of benzene rings is 1. The molecule has 7 nitrogen and oxygen atoms in total. The summed E-state index contributed by atoms with van der Waals surface area (Å²) in [5.41, 5.74) is 5.44. The highest BCUT2D eigenvalue weighted by atomic mass is 19.1. The minimum Gasteiger partial charge on any atom is -0.480 e. The van der Waals surface area contributed by atoms with E-state index in [4.69, 9.17) is 10.8 Å². The third kappa shape index (κ3) is 5.34. The Hall–Kier alpha value is -2.64. The zero-order valence-corrected chi connectivity index (χ0v) is 10.5. The third-order valence-corrected chi connectivity index (χ3v) is 2.29. The van der Waals surface area contributed by atoms with Gasteiger partial charge in [-0.1, -0.05) is 12.1 Å². The number of halogens is 1. The second kappa shape index (κ2) is 7.07. The summed E-state index contributed by atoms with van der Waals surface area (Å²) in [7, 11) is 0. The van der Waals surface area contributed by atoms with Gasteiger partial charge < -0.3 is 21.1 Å². The van der Waals surface area contributed by atoms with Crippen LogP contribution in [0.4, 0.5) is 9.18 Å². The number of nitrogens with zero attached hydrogens (tertiary/aromatic N) is 1. The standard InChI is InChI=1S/C12H14FN3O4/c13-9-3-1-2-8(4-9)5-15-12(20)16(6-10(14)17)7-11(18)19/h1-4H,5-7H2,(H2,14,17)(H,15,20)(H,18,19). The minimum absolute atomic E-state index is 0.00543. The Kier molecular flexibility index (Phi) is 5.45. The predicted molar refractivity (Wildman–Crippen MR) is 67.0 cm³/mol. The fourth-order valence-corrected chi connectivity index (χ4v) is 1.49. The Morgan fingerprint density at radius 2 is 2.00 bits per heavy atom. The molecule has 4 N–H and O–H groups in total. The van der Waals surface area contributed by atoms with E-state index in [2.05, 4.69) is 5.32 Å². The predicted octanol–water partition coefficient (Wildman–Crippen LogP) is -0.0928. The van der Waals surface area contributed by atoms with Gasteiger partial charge in [0, 0.05) is 6.54 Å². The molecule has 8 heteroatoms. The molecule has 0 aromatic heterocycles. The fraction of sp³-hybridized carbons (Fsp3) is 0.250. The van der Waals surface area contributed by atoms with Crippen LogP contribution in [-0.2, 0) is 16.1 Å². The van der Waals surface area contributed by atoms with E-state index in [1.165, 1.54) is 18.2 Å². The van der Waals surface area contributed by atoms with Crippen molar-refractivity contribution in [1.29, 1.82) is 0 Å². The Balaban J connectivity index is 2.61. The molecule has 1 aromatic carbocycles. The summed E-state index contributed by atoms with van der Waals surface area (Å²) in [6, 6.07) is 4.80. The van der Waals surface area contributed by atoms with Gasteiger partial charge in [0.1, 0.15) is 18.9 Å². The first-order valence-electron chi connectivity index (χ1n) is 5.66. The number of urea groups is 1. The van der Waals surface area contributed by atoms with Crippen LogP contribution in [-0.4, -0.2) is 41.0 Å². The molecule has 1 aromatic rings. The lowest BCUT2D eigenvalue weighted by molar-refractivity contribution is -0.137. The van der Waals surface area contributed by atoms with E-state index in [9.17, 15) is 18.8 Å². The van der Waals surface area contributed by atoms with E-state index in [0.29, 0.717) is 5.56 Å². The molecule has 0 fully saturated rings. The molecule has 20 heavy (non-hydrogen) atoms. The molecular weight excluding hydrogens is 269 g/mol. The molecule has 0 bridgehead atoms. The van der Waals surface area contributed by atoms with Crippen molar-refractivity contribution >= 4 is 17.9 Å². The highest BCUT2D eigenvalue weighted by Crippen LogP contribution is 2.03. The molecule has 0 radical (unpaired) electrons. The Morgan fingerprint density at radius 3 is 2.55 bits per heavy atom. The lowest BCUT2D eigenvalue weighted by Crippen LogP contribution is -2.46. The number of carboxylic acids is 1. The van der Waals surface area contributed by atoms with Crippen LogP contribution in [0.15, 0.2) is 24.3 Å². The first kappa shape index (κ1) is 15.4. The van der Waals surface area contributed by atoms with Crippen LogP contribution in [0, 0.1) is 5.82 Å². The van der Waals surface area contributed by atoms with Gasteiger partial charge in [-0.2, -0.15) is 0 Å². The van der Waals surface area contributed by atoms with Crippen LogP contribution in [0.3, 0.4) is 0 Å². The van der Waals surface area contributed by atoms with E-state index in [1.807, 2.05) is 0 Å². The molecule has 0 aliphatic rings. The van der Waals surface area contributed by atoms with Crippen molar-refractivity contribution in [2.75, 3.05) is 13.1 Å². The molecule has 108 valence electrons. The van der Waals surface area contributed by atoms with Crippen LogP contribution in [0.2, 0.25) is 0 Å². The lowest BCUT2D eigenvalue weighted by atomic mass is 10.2. The number of carbonyl (C=O) groups is 3. The zero-order chi connectivity index (χ0) is 15.1. The topological polar surface area (TPSA) is 113 Å². The third-order valence-electron chi connectivity index (χ3n) is 2.29. The summed E-state index contributed by atoms with van der Waals surface area (Å²) >= 11 is 0. The summed E-state index contributed by atoms with van der Waals surface area (Å²) in [5, 5.41) is 11.0. The van der Waals surface area contributed by atoms with Gasteiger partial charge in [0.05, 0.1) is 0 Å². The molecule has 1 rings (SSSR count). The average Bonchev–Trinajstić information content (AvgIpc) is 2.34. The monoisotopic (exact) mass is 283 g/mol. The number of hydrogen-bond donors (Lipinski definition) is 3. The molecule has 0 heterocycles. The van der Waals surface area contributed by atoms with Gasteiger partial charge in [-0.3, -0.25) is 9.59 Å². The van der Waals surface area contributed by atoms with E-state index in [1.54, 1.807) is 6.07 Å².